The number of aryl methyl sites for hydroxylation is 1. The molecule has 0 aliphatic rings. The summed E-state index contributed by atoms with van der Waals surface area (Å²) in [7, 11) is 0. The third-order valence-electron chi connectivity index (χ3n) is 2.74. The Morgan fingerprint density at radius 3 is 2.78 bits per heavy atom. The smallest absolute Gasteiger partial charge is 0.108 e. The standard InChI is InChI=1S/C14H18BrN3/c1-9-4-5-10(15)6-11(9)12-8-17-13(18-12)7-14(2,3)16/h4-6,8H,7,16H2,1-3H3,(H,17,18). The highest BCUT2D eigenvalue weighted by Gasteiger charge is 2.15. The quantitative estimate of drug-likeness (QED) is 0.913. The van der Waals surface area contributed by atoms with Gasteiger partial charge in [-0.15, -0.1) is 0 Å². The Bertz CT molecular complexity index is 552. The van der Waals surface area contributed by atoms with Crippen molar-refractivity contribution in [1.29, 1.82) is 0 Å². The van der Waals surface area contributed by atoms with Gasteiger partial charge in [-0.1, -0.05) is 22.0 Å². The minimum atomic E-state index is -0.249. The van der Waals surface area contributed by atoms with Crippen molar-refractivity contribution in [1.82, 2.24) is 9.97 Å². The van der Waals surface area contributed by atoms with Gasteiger partial charge in [0.15, 0.2) is 0 Å². The molecule has 2 aromatic rings. The van der Waals surface area contributed by atoms with E-state index in [1.165, 1.54) is 5.56 Å². The lowest BCUT2D eigenvalue weighted by atomic mass is 10.0. The fraction of sp³-hybridized carbons (Fsp3) is 0.357. The molecule has 0 bridgehead atoms. The first-order valence-electron chi connectivity index (χ1n) is 5.94. The zero-order valence-corrected chi connectivity index (χ0v) is 12.5. The SMILES string of the molecule is Cc1ccc(Br)cc1-c1cnc(CC(C)(C)N)[nH]1. The van der Waals surface area contributed by atoms with Crippen LogP contribution >= 0.6 is 15.9 Å². The summed E-state index contributed by atoms with van der Waals surface area (Å²) in [5.41, 5.74) is 9.18. The second kappa shape index (κ2) is 4.86. The van der Waals surface area contributed by atoms with Crippen molar-refractivity contribution in [3.63, 3.8) is 0 Å². The van der Waals surface area contributed by atoms with Crippen molar-refractivity contribution in [2.45, 2.75) is 32.7 Å². The molecule has 0 saturated heterocycles. The van der Waals surface area contributed by atoms with E-state index in [0.717, 1.165) is 28.0 Å². The zero-order chi connectivity index (χ0) is 13.3. The summed E-state index contributed by atoms with van der Waals surface area (Å²) >= 11 is 3.49. The third kappa shape index (κ3) is 3.21. The lowest BCUT2D eigenvalue weighted by Crippen LogP contribution is -2.34. The van der Waals surface area contributed by atoms with E-state index in [4.69, 9.17) is 5.73 Å². The van der Waals surface area contributed by atoms with Gasteiger partial charge in [0.05, 0.1) is 11.9 Å². The van der Waals surface area contributed by atoms with Crippen LogP contribution in [0.15, 0.2) is 28.9 Å². The van der Waals surface area contributed by atoms with Crippen LogP contribution in [0.3, 0.4) is 0 Å². The van der Waals surface area contributed by atoms with Crippen LogP contribution < -0.4 is 5.73 Å². The number of imidazole rings is 1. The molecule has 1 heterocycles. The van der Waals surface area contributed by atoms with Crippen LogP contribution in [-0.4, -0.2) is 15.5 Å². The Kier molecular flexibility index (Phi) is 3.59. The van der Waals surface area contributed by atoms with E-state index < -0.39 is 0 Å². The minimum Gasteiger partial charge on any atom is -0.342 e. The maximum absolute atomic E-state index is 6.00. The van der Waals surface area contributed by atoms with Gasteiger partial charge in [0.1, 0.15) is 5.82 Å². The molecule has 0 aliphatic carbocycles. The largest absolute Gasteiger partial charge is 0.342 e. The molecular weight excluding hydrogens is 290 g/mol. The molecule has 0 unspecified atom stereocenters. The van der Waals surface area contributed by atoms with Crippen molar-refractivity contribution in [3.05, 3.63) is 40.3 Å². The Morgan fingerprint density at radius 1 is 1.39 bits per heavy atom. The second-order valence-corrected chi connectivity index (χ2v) is 6.28. The van der Waals surface area contributed by atoms with Gasteiger partial charge in [0.2, 0.25) is 0 Å². The Morgan fingerprint density at radius 2 is 2.11 bits per heavy atom. The van der Waals surface area contributed by atoms with Crippen LogP contribution in [0, 0.1) is 6.92 Å². The van der Waals surface area contributed by atoms with E-state index >= 15 is 0 Å². The van der Waals surface area contributed by atoms with Crippen LogP contribution in [-0.2, 0) is 6.42 Å². The lowest BCUT2D eigenvalue weighted by Gasteiger charge is -2.16. The molecule has 96 valence electrons. The van der Waals surface area contributed by atoms with Crippen LogP contribution in [0.5, 0.6) is 0 Å². The number of hydrogen-bond donors (Lipinski definition) is 2. The van der Waals surface area contributed by atoms with Gasteiger partial charge in [-0.2, -0.15) is 0 Å². The van der Waals surface area contributed by atoms with E-state index in [2.05, 4.69) is 45.0 Å². The number of H-pyrrole nitrogens is 1. The molecule has 2 rings (SSSR count). The van der Waals surface area contributed by atoms with Gasteiger partial charge in [-0.3, -0.25) is 0 Å². The van der Waals surface area contributed by atoms with Crippen molar-refractivity contribution in [2.75, 3.05) is 0 Å². The van der Waals surface area contributed by atoms with Crippen molar-refractivity contribution in [2.24, 2.45) is 5.73 Å². The topological polar surface area (TPSA) is 54.7 Å². The van der Waals surface area contributed by atoms with Gasteiger partial charge >= 0.3 is 0 Å². The second-order valence-electron chi connectivity index (χ2n) is 5.37. The number of benzene rings is 1. The number of halogens is 1. The first kappa shape index (κ1) is 13.3. The van der Waals surface area contributed by atoms with Crippen LogP contribution in [0.4, 0.5) is 0 Å². The van der Waals surface area contributed by atoms with Crippen LogP contribution in [0.25, 0.3) is 11.3 Å². The van der Waals surface area contributed by atoms with E-state index in [1.807, 2.05) is 26.1 Å². The van der Waals surface area contributed by atoms with E-state index in [1.54, 1.807) is 0 Å². The summed E-state index contributed by atoms with van der Waals surface area (Å²) in [4.78, 5) is 7.74. The number of nitrogens with two attached hydrogens (primary N) is 1. The van der Waals surface area contributed by atoms with Crippen molar-refractivity contribution in [3.8, 4) is 11.3 Å². The van der Waals surface area contributed by atoms with Gasteiger partial charge in [0.25, 0.3) is 0 Å². The van der Waals surface area contributed by atoms with Crippen molar-refractivity contribution < 1.29 is 0 Å². The predicted molar refractivity (Wildman–Crippen MR) is 78.4 cm³/mol. The first-order chi connectivity index (χ1) is 8.35. The molecule has 0 atom stereocenters. The lowest BCUT2D eigenvalue weighted by molar-refractivity contribution is 0.505. The minimum absolute atomic E-state index is 0.249. The molecule has 0 fully saturated rings. The number of nitrogens with one attached hydrogen (secondary N) is 1. The van der Waals surface area contributed by atoms with E-state index in [-0.39, 0.29) is 5.54 Å². The Labute approximate surface area is 116 Å². The maximum atomic E-state index is 6.00. The molecule has 3 nitrogen and oxygen atoms in total. The normalized spacial score (nSPS) is 11.8. The van der Waals surface area contributed by atoms with Crippen LogP contribution in [0.1, 0.15) is 25.2 Å². The van der Waals surface area contributed by atoms with Gasteiger partial charge in [-0.05, 0) is 38.5 Å². The number of rotatable bonds is 3. The monoisotopic (exact) mass is 307 g/mol. The Hall–Kier alpha value is -1.13. The molecule has 0 saturated carbocycles. The molecular formula is C14H18BrN3. The zero-order valence-electron chi connectivity index (χ0n) is 10.9. The molecule has 18 heavy (non-hydrogen) atoms. The number of hydrogen-bond acceptors (Lipinski definition) is 2. The fourth-order valence-electron chi connectivity index (χ4n) is 1.91. The van der Waals surface area contributed by atoms with Gasteiger partial charge in [0, 0.05) is 22.0 Å². The molecule has 0 spiro atoms. The summed E-state index contributed by atoms with van der Waals surface area (Å²) in [6.45, 7) is 6.09. The summed E-state index contributed by atoms with van der Waals surface area (Å²) in [5, 5.41) is 0. The number of aromatic nitrogens is 2. The fourth-order valence-corrected chi connectivity index (χ4v) is 2.27. The summed E-state index contributed by atoms with van der Waals surface area (Å²) in [5.74, 6) is 0.928. The highest BCUT2D eigenvalue weighted by Crippen LogP contribution is 2.25. The highest BCUT2D eigenvalue weighted by atomic mass is 79.9. The average Bonchev–Trinajstić information content (AvgIpc) is 2.67. The molecule has 1 aromatic carbocycles. The summed E-state index contributed by atoms with van der Waals surface area (Å²) < 4.78 is 1.07. The Balaban J connectivity index is 2.32. The molecule has 1 aromatic heterocycles. The molecule has 3 N–H and O–H groups in total. The van der Waals surface area contributed by atoms with Crippen molar-refractivity contribution >= 4 is 15.9 Å². The summed E-state index contributed by atoms with van der Waals surface area (Å²) in [6.07, 6.45) is 2.61. The van der Waals surface area contributed by atoms with Gasteiger partial charge in [-0.25, -0.2) is 4.98 Å². The molecule has 0 amide bonds. The van der Waals surface area contributed by atoms with Gasteiger partial charge < -0.3 is 10.7 Å². The maximum Gasteiger partial charge on any atom is 0.108 e. The summed E-state index contributed by atoms with van der Waals surface area (Å²) in [6, 6.07) is 6.23. The number of nitrogens with zero attached hydrogens (tertiary/aromatic N) is 1. The highest BCUT2D eigenvalue weighted by molar-refractivity contribution is 9.10. The van der Waals surface area contributed by atoms with Crippen LogP contribution in [0.2, 0.25) is 0 Å². The average molecular weight is 308 g/mol. The molecule has 0 aliphatic heterocycles. The van der Waals surface area contributed by atoms with E-state index in [0.29, 0.717) is 0 Å². The van der Waals surface area contributed by atoms with E-state index in [9.17, 15) is 0 Å². The third-order valence-corrected chi connectivity index (χ3v) is 3.23. The predicted octanol–water partition coefficient (Wildman–Crippen LogP) is 3.43. The number of aromatic amines is 1. The molecule has 4 heteroatoms. The molecule has 0 radical (unpaired) electrons. The first-order valence-corrected chi connectivity index (χ1v) is 6.74.